The van der Waals surface area contributed by atoms with Crippen molar-refractivity contribution in [3.05, 3.63) is 12.2 Å². The van der Waals surface area contributed by atoms with Crippen LogP contribution in [0.15, 0.2) is 12.2 Å². The second-order valence-electron chi connectivity index (χ2n) is 1.99. The van der Waals surface area contributed by atoms with Crippen LogP contribution in [0.3, 0.4) is 0 Å². The van der Waals surface area contributed by atoms with Gasteiger partial charge in [0.2, 0.25) is 0 Å². The van der Waals surface area contributed by atoms with Crippen LogP contribution in [0.5, 0.6) is 0 Å². The van der Waals surface area contributed by atoms with E-state index in [0.29, 0.717) is 12.8 Å². The van der Waals surface area contributed by atoms with Gasteiger partial charge in [0.1, 0.15) is 0 Å². The molecule has 0 aromatic carbocycles. The third-order valence-electron chi connectivity index (χ3n) is 1.01. The summed E-state index contributed by atoms with van der Waals surface area (Å²) in [6.07, 6.45) is 3.01. The van der Waals surface area contributed by atoms with Crippen molar-refractivity contribution in [3.8, 4) is 0 Å². The van der Waals surface area contributed by atoms with Crippen molar-refractivity contribution in [2.75, 3.05) is 0 Å². The van der Waals surface area contributed by atoms with Crippen LogP contribution in [-0.4, -0.2) is 11.9 Å². The van der Waals surface area contributed by atoms with Gasteiger partial charge in [-0.2, -0.15) is 0 Å². The fraction of sp³-hybridized carbons (Fsp3) is 0.429. The molecular weight excluding hydrogens is 162 g/mol. The minimum absolute atomic E-state index is 0. The summed E-state index contributed by atoms with van der Waals surface area (Å²) in [5.74, 6) is -2.38. The van der Waals surface area contributed by atoms with Gasteiger partial charge < -0.3 is 19.8 Å². The van der Waals surface area contributed by atoms with E-state index in [2.05, 4.69) is 0 Å². The van der Waals surface area contributed by atoms with Gasteiger partial charge in [0.25, 0.3) is 0 Å². The number of allylic oxidation sites excluding steroid dienone is 1. The summed E-state index contributed by atoms with van der Waals surface area (Å²) in [4.78, 5) is 19.6. The minimum atomic E-state index is -1.27. The average Bonchev–Trinajstić information content (AvgIpc) is 1.85. The predicted molar refractivity (Wildman–Crippen MR) is 33.0 cm³/mol. The zero-order valence-electron chi connectivity index (χ0n) is 7.91. The Labute approximate surface area is 101 Å². The van der Waals surface area contributed by atoms with Gasteiger partial charge in [-0.3, -0.25) is 0 Å². The maximum atomic E-state index is 9.83. The molecule has 0 aliphatic heterocycles. The molecule has 0 aromatic rings. The number of carboxylic acids is 2. The first kappa shape index (κ1) is 18.6. The molecule has 0 aliphatic carbocycles. The van der Waals surface area contributed by atoms with Gasteiger partial charge in [0, 0.05) is 5.97 Å². The molecule has 0 spiro atoms. The molecule has 0 radical (unpaired) electrons. The quantitative estimate of drug-likeness (QED) is 0.233. The van der Waals surface area contributed by atoms with E-state index >= 15 is 0 Å². The molecule has 0 saturated carbocycles. The molecule has 6 heteroatoms. The monoisotopic (exact) mass is 170 g/mol. The van der Waals surface area contributed by atoms with E-state index in [4.69, 9.17) is 0 Å². The Kier molecular flexibility index (Phi) is 17.0. The molecule has 0 aliphatic rings. The number of carbonyl (C=O) groups is 2. The SMILES string of the molecule is O=C([O-])C=CCCCC(=O)[O-].[Li+].[Li+]. The summed E-state index contributed by atoms with van der Waals surface area (Å²) in [7, 11) is 0. The van der Waals surface area contributed by atoms with E-state index in [9.17, 15) is 19.8 Å². The summed E-state index contributed by atoms with van der Waals surface area (Å²) in [6, 6.07) is 0. The van der Waals surface area contributed by atoms with Crippen LogP contribution in [0.2, 0.25) is 0 Å². The number of hydrogen-bond donors (Lipinski definition) is 0. The smallest absolute Gasteiger partial charge is 0.550 e. The standard InChI is InChI=1S/C7H10O4.2Li/c8-6(9)4-2-1-3-5-7(10)11;;/h2,4H,1,3,5H2,(H,8,9)(H,10,11);;/q;2*+1/p-2. The Bertz CT molecular complexity index is 179. The number of rotatable bonds is 5. The summed E-state index contributed by atoms with van der Waals surface area (Å²) in [5.41, 5.74) is 0. The van der Waals surface area contributed by atoms with E-state index in [0.717, 1.165) is 6.08 Å². The fourth-order valence-corrected chi connectivity index (χ4v) is 0.544. The Morgan fingerprint density at radius 3 is 2.08 bits per heavy atom. The third-order valence-corrected chi connectivity index (χ3v) is 1.01. The van der Waals surface area contributed by atoms with Crippen molar-refractivity contribution in [1.82, 2.24) is 0 Å². The topological polar surface area (TPSA) is 80.3 Å². The van der Waals surface area contributed by atoms with E-state index in [1.807, 2.05) is 0 Å². The van der Waals surface area contributed by atoms with E-state index in [-0.39, 0.29) is 44.1 Å². The van der Waals surface area contributed by atoms with Gasteiger partial charge in [-0.1, -0.05) is 6.08 Å². The molecule has 0 N–H and O–H groups in total. The zero-order valence-corrected chi connectivity index (χ0v) is 7.91. The van der Waals surface area contributed by atoms with Crippen LogP contribution in [0.25, 0.3) is 0 Å². The summed E-state index contributed by atoms with van der Waals surface area (Å²) >= 11 is 0. The third kappa shape index (κ3) is 18.7. The molecule has 0 saturated heterocycles. The Hall–Kier alpha value is -0.125. The molecular formula is C7H8Li2O4. The second-order valence-corrected chi connectivity index (χ2v) is 1.99. The van der Waals surface area contributed by atoms with Crippen LogP contribution < -0.4 is 47.9 Å². The van der Waals surface area contributed by atoms with Crippen LogP contribution >= 0.6 is 0 Å². The van der Waals surface area contributed by atoms with Gasteiger partial charge in [0.15, 0.2) is 0 Å². The second kappa shape index (κ2) is 11.9. The summed E-state index contributed by atoms with van der Waals surface area (Å²) < 4.78 is 0. The van der Waals surface area contributed by atoms with Crippen LogP contribution in [0, 0.1) is 0 Å². The Morgan fingerprint density at radius 1 is 1.15 bits per heavy atom. The number of carboxylic acid groups (broad SMARTS) is 2. The Balaban J connectivity index is -0.000000500. The molecule has 0 atom stereocenters. The largest absolute Gasteiger partial charge is 1.00 e. The van der Waals surface area contributed by atoms with Crippen molar-refractivity contribution < 1.29 is 57.5 Å². The number of aliphatic carboxylic acids is 2. The van der Waals surface area contributed by atoms with Crippen LogP contribution in [-0.2, 0) is 9.59 Å². The molecule has 62 valence electrons. The van der Waals surface area contributed by atoms with Crippen molar-refractivity contribution >= 4 is 11.9 Å². The Morgan fingerprint density at radius 2 is 1.69 bits per heavy atom. The first-order chi connectivity index (χ1) is 5.13. The number of carbonyl (C=O) groups excluding carboxylic acids is 2. The maximum absolute atomic E-state index is 9.83. The van der Waals surface area contributed by atoms with Gasteiger partial charge in [0.05, 0.1) is 5.97 Å². The van der Waals surface area contributed by atoms with E-state index in [1.54, 1.807) is 0 Å². The molecule has 0 amide bonds. The molecule has 0 rings (SSSR count). The number of hydrogen-bond acceptors (Lipinski definition) is 4. The van der Waals surface area contributed by atoms with Crippen LogP contribution in [0.1, 0.15) is 19.3 Å². The van der Waals surface area contributed by atoms with Crippen molar-refractivity contribution in [1.29, 1.82) is 0 Å². The molecule has 0 unspecified atom stereocenters. The molecule has 0 bridgehead atoms. The first-order valence-corrected chi connectivity index (χ1v) is 3.20. The molecule has 13 heavy (non-hydrogen) atoms. The maximum Gasteiger partial charge on any atom is 1.00 e. The minimum Gasteiger partial charge on any atom is -0.550 e. The zero-order chi connectivity index (χ0) is 8.69. The van der Waals surface area contributed by atoms with Crippen molar-refractivity contribution in [2.24, 2.45) is 0 Å². The number of unbranched alkanes of at least 4 members (excludes halogenated alkanes) is 1. The van der Waals surface area contributed by atoms with E-state index < -0.39 is 11.9 Å². The predicted octanol–water partition coefficient (Wildman–Crippen LogP) is -7.78. The molecule has 4 nitrogen and oxygen atoms in total. The van der Waals surface area contributed by atoms with Crippen molar-refractivity contribution in [2.45, 2.75) is 19.3 Å². The van der Waals surface area contributed by atoms with Gasteiger partial charge >= 0.3 is 37.7 Å². The van der Waals surface area contributed by atoms with Gasteiger partial charge in [-0.05, 0) is 25.3 Å². The fourth-order valence-electron chi connectivity index (χ4n) is 0.544. The van der Waals surface area contributed by atoms with Gasteiger partial charge in [-0.15, -0.1) is 0 Å². The first-order valence-electron chi connectivity index (χ1n) is 3.20. The normalized spacial score (nSPS) is 8.62. The summed E-state index contributed by atoms with van der Waals surface area (Å²) in [5, 5.41) is 19.6. The van der Waals surface area contributed by atoms with E-state index in [1.165, 1.54) is 6.08 Å². The summed E-state index contributed by atoms with van der Waals surface area (Å²) in [6.45, 7) is 0. The molecule has 0 heterocycles. The van der Waals surface area contributed by atoms with Crippen LogP contribution in [0.4, 0.5) is 0 Å². The molecule has 0 fully saturated rings. The molecule has 0 aromatic heterocycles. The average molecular weight is 170 g/mol. The van der Waals surface area contributed by atoms with Gasteiger partial charge in [-0.25, -0.2) is 0 Å². The van der Waals surface area contributed by atoms with Crippen molar-refractivity contribution in [3.63, 3.8) is 0 Å².